The van der Waals surface area contributed by atoms with E-state index in [-0.39, 0.29) is 11.5 Å². The van der Waals surface area contributed by atoms with Crippen molar-refractivity contribution in [2.75, 3.05) is 20.6 Å². The number of rotatable bonds is 6. The van der Waals surface area contributed by atoms with Crippen LogP contribution in [0.4, 0.5) is 0 Å². The SMILES string of the molecule is CN(C)CCn1cc(C(=O)NCc2ccccc2Cl)ccc1=O. The molecule has 6 heteroatoms. The maximum Gasteiger partial charge on any atom is 0.253 e. The zero-order valence-corrected chi connectivity index (χ0v) is 14.0. The molecule has 2 aromatic rings. The number of pyridine rings is 1. The second-order valence-electron chi connectivity index (χ2n) is 5.53. The van der Waals surface area contributed by atoms with Crippen LogP contribution >= 0.6 is 11.6 Å². The normalized spacial score (nSPS) is 10.8. The Bertz CT molecular complexity index is 741. The first kappa shape index (κ1) is 17.2. The summed E-state index contributed by atoms with van der Waals surface area (Å²) in [4.78, 5) is 26.1. The highest BCUT2D eigenvalue weighted by Crippen LogP contribution is 2.14. The van der Waals surface area contributed by atoms with Gasteiger partial charge in [-0.25, -0.2) is 0 Å². The monoisotopic (exact) mass is 333 g/mol. The topological polar surface area (TPSA) is 54.3 Å². The number of halogens is 1. The zero-order valence-electron chi connectivity index (χ0n) is 13.3. The fourth-order valence-corrected chi connectivity index (χ4v) is 2.27. The van der Waals surface area contributed by atoms with Crippen LogP contribution in [0.1, 0.15) is 15.9 Å². The van der Waals surface area contributed by atoms with Crippen LogP contribution in [0.15, 0.2) is 47.4 Å². The van der Waals surface area contributed by atoms with Gasteiger partial charge in [0.1, 0.15) is 0 Å². The van der Waals surface area contributed by atoms with Crippen molar-refractivity contribution in [2.24, 2.45) is 0 Å². The first-order valence-electron chi connectivity index (χ1n) is 7.34. The summed E-state index contributed by atoms with van der Waals surface area (Å²) in [6, 6.07) is 10.3. The molecule has 2 rings (SSSR count). The fourth-order valence-electron chi connectivity index (χ4n) is 2.07. The van der Waals surface area contributed by atoms with Crippen molar-refractivity contribution in [1.29, 1.82) is 0 Å². The third-order valence-corrected chi connectivity index (χ3v) is 3.80. The summed E-state index contributed by atoms with van der Waals surface area (Å²) in [5.74, 6) is -0.233. The van der Waals surface area contributed by atoms with E-state index in [0.717, 1.165) is 12.1 Å². The number of carbonyl (C=O) groups excluding carboxylic acids is 1. The minimum absolute atomic E-state index is 0.116. The lowest BCUT2D eigenvalue weighted by Crippen LogP contribution is -2.29. The van der Waals surface area contributed by atoms with Gasteiger partial charge in [-0.3, -0.25) is 9.59 Å². The number of nitrogens with one attached hydrogen (secondary N) is 1. The molecule has 0 fully saturated rings. The molecule has 1 amide bonds. The van der Waals surface area contributed by atoms with Crippen molar-refractivity contribution >= 4 is 17.5 Å². The zero-order chi connectivity index (χ0) is 16.8. The highest BCUT2D eigenvalue weighted by atomic mass is 35.5. The predicted molar refractivity (Wildman–Crippen MR) is 91.9 cm³/mol. The van der Waals surface area contributed by atoms with Gasteiger partial charge < -0.3 is 14.8 Å². The van der Waals surface area contributed by atoms with Gasteiger partial charge in [0.05, 0.1) is 5.56 Å². The smallest absolute Gasteiger partial charge is 0.253 e. The van der Waals surface area contributed by atoms with Crippen LogP contribution in [0.25, 0.3) is 0 Å². The Balaban J connectivity index is 2.06. The van der Waals surface area contributed by atoms with E-state index in [4.69, 9.17) is 11.6 Å². The summed E-state index contributed by atoms with van der Waals surface area (Å²) in [5, 5.41) is 3.43. The maximum atomic E-state index is 12.3. The Labute approximate surface area is 140 Å². The Morgan fingerprint density at radius 1 is 1.22 bits per heavy atom. The van der Waals surface area contributed by atoms with E-state index >= 15 is 0 Å². The van der Waals surface area contributed by atoms with Gasteiger partial charge in [0, 0.05) is 36.9 Å². The molecule has 1 heterocycles. The van der Waals surface area contributed by atoms with Crippen molar-refractivity contribution in [1.82, 2.24) is 14.8 Å². The Hall–Kier alpha value is -2.11. The first-order chi connectivity index (χ1) is 11.0. The van der Waals surface area contributed by atoms with Crippen LogP contribution in [0.3, 0.4) is 0 Å². The van der Waals surface area contributed by atoms with Gasteiger partial charge in [-0.2, -0.15) is 0 Å². The van der Waals surface area contributed by atoms with Gasteiger partial charge in [-0.05, 0) is 31.8 Å². The highest BCUT2D eigenvalue weighted by Gasteiger charge is 2.08. The molecule has 1 aromatic heterocycles. The van der Waals surface area contributed by atoms with Crippen LogP contribution in [0, 0.1) is 0 Å². The van der Waals surface area contributed by atoms with Crippen molar-refractivity contribution in [2.45, 2.75) is 13.1 Å². The number of likely N-dealkylation sites (N-methyl/N-ethyl adjacent to an activating group) is 1. The number of benzene rings is 1. The van der Waals surface area contributed by atoms with Gasteiger partial charge in [0.25, 0.3) is 11.5 Å². The van der Waals surface area contributed by atoms with Gasteiger partial charge >= 0.3 is 0 Å². The summed E-state index contributed by atoms with van der Waals surface area (Å²) in [5.41, 5.74) is 1.19. The largest absolute Gasteiger partial charge is 0.348 e. The molecule has 0 spiro atoms. The third-order valence-electron chi connectivity index (χ3n) is 3.43. The summed E-state index contributed by atoms with van der Waals surface area (Å²) < 4.78 is 1.55. The molecule has 0 saturated heterocycles. The van der Waals surface area contributed by atoms with E-state index in [0.29, 0.717) is 23.7 Å². The number of hydrogen-bond acceptors (Lipinski definition) is 3. The Morgan fingerprint density at radius 2 is 1.96 bits per heavy atom. The number of nitrogens with zero attached hydrogens (tertiary/aromatic N) is 2. The lowest BCUT2D eigenvalue weighted by molar-refractivity contribution is 0.0950. The predicted octanol–water partition coefficient (Wildman–Crippen LogP) is 1.99. The maximum absolute atomic E-state index is 12.3. The highest BCUT2D eigenvalue weighted by molar-refractivity contribution is 6.31. The lowest BCUT2D eigenvalue weighted by atomic mass is 10.2. The molecule has 0 unspecified atom stereocenters. The molecule has 0 radical (unpaired) electrons. The van der Waals surface area contributed by atoms with Crippen molar-refractivity contribution in [3.05, 3.63) is 69.1 Å². The number of hydrogen-bond donors (Lipinski definition) is 1. The Morgan fingerprint density at radius 3 is 2.65 bits per heavy atom. The van der Waals surface area contributed by atoms with Crippen LogP contribution in [-0.4, -0.2) is 36.0 Å². The first-order valence-corrected chi connectivity index (χ1v) is 7.72. The summed E-state index contributed by atoms with van der Waals surface area (Å²) >= 11 is 6.07. The van der Waals surface area contributed by atoms with Crippen LogP contribution in [-0.2, 0) is 13.1 Å². The molecule has 122 valence electrons. The molecule has 5 nitrogen and oxygen atoms in total. The summed E-state index contributed by atoms with van der Waals surface area (Å²) in [6.45, 7) is 1.61. The van der Waals surface area contributed by atoms with E-state index < -0.39 is 0 Å². The van der Waals surface area contributed by atoms with Crippen LogP contribution in [0.5, 0.6) is 0 Å². The van der Waals surface area contributed by atoms with Gasteiger partial charge in [0.15, 0.2) is 0 Å². The summed E-state index contributed by atoms with van der Waals surface area (Å²) in [7, 11) is 3.87. The molecule has 1 N–H and O–H groups in total. The molecule has 1 aromatic carbocycles. The van der Waals surface area contributed by atoms with Crippen molar-refractivity contribution in [3.8, 4) is 0 Å². The molecule has 0 aliphatic rings. The van der Waals surface area contributed by atoms with E-state index in [1.165, 1.54) is 12.1 Å². The second-order valence-corrected chi connectivity index (χ2v) is 5.93. The number of carbonyl (C=O) groups is 1. The Kier molecular flexibility index (Phi) is 5.96. The van der Waals surface area contributed by atoms with E-state index in [9.17, 15) is 9.59 Å². The van der Waals surface area contributed by atoms with Crippen molar-refractivity contribution < 1.29 is 4.79 Å². The van der Waals surface area contributed by atoms with Gasteiger partial charge in [-0.1, -0.05) is 29.8 Å². The van der Waals surface area contributed by atoms with Crippen molar-refractivity contribution in [3.63, 3.8) is 0 Å². The molecular weight excluding hydrogens is 314 g/mol. The van der Waals surface area contributed by atoms with Gasteiger partial charge in [0.2, 0.25) is 0 Å². The fraction of sp³-hybridized carbons (Fsp3) is 0.294. The van der Waals surface area contributed by atoms with E-state index in [1.54, 1.807) is 16.8 Å². The molecule has 0 bridgehead atoms. The van der Waals surface area contributed by atoms with Crippen LogP contribution in [0.2, 0.25) is 5.02 Å². The molecular formula is C17H20ClN3O2. The standard InChI is InChI=1S/C17H20ClN3O2/c1-20(2)9-10-21-12-14(7-8-16(21)22)17(23)19-11-13-5-3-4-6-15(13)18/h3-8,12H,9-11H2,1-2H3,(H,19,23). The molecule has 0 saturated carbocycles. The molecule has 0 aliphatic heterocycles. The second kappa shape index (κ2) is 7.94. The van der Waals surface area contributed by atoms with Gasteiger partial charge in [-0.15, -0.1) is 0 Å². The third kappa shape index (κ3) is 4.94. The number of amides is 1. The van der Waals surface area contributed by atoms with E-state index in [2.05, 4.69) is 5.32 Å². The average Bonchev–Trinajstić information content (AvgIpc) is 2.53. The minimum atomic E-state index is -0.233. The van der Waals surface area contributed by atoms with E-state index in [1.807, 2.05) is 37.2 Å². The number of aromatic nitrogens is 1. The minimum Gasteiger partial charge on any atom is -0.348 e. The molecule has 0 atom stereocenters. The van der Waals surface area contributed by atoms with Crippen LogP contribution < -0.4 is 10.9 Å². The quantitative estimate of drug-likeness (QED) is 0.879. The molecule has 0 aliphatic carbocycles. The lowest BCUT2D eigenvalue weighted by Gasteiger charge is -2.12. The summed E-state index contributed by atoms with van der Waals surface area (Å²) in [6.07, 6.45) is 1.59. The molecule has 23 heavy (non-hydrogen) atoms. The average molecular weight is 334 g/mol.